The van der Waals surface area contributed by atoms with Gasteiger partial charge in [-0.05, 0) is 18.4 Å². The number of ketones is 1. The van der Waals surface area contributed by atoms with Gasteiger partial charge in [0.25, 0.3) is 5.78 Å². The Balaban J connectivity index is 2.77. The Bertz CT molecular complexity index is 867. The first-order chi connectivity index (χ1) is 16.0. The molecule has 10 nitrogen and oxygen atoms in total. The zero-order valence-corrected chi connectivity index (χ0v) is 19.0. The van der Waals surface area contributed by atoms with Crippen LogP contribution in [-0.4, -0.2) is 59.3 Å². The van der Waals surface area contributed by atoms with E-state index in [-0.39, 0.29) is 12.5 Å². The van der Waals surface area contributed by atoms with Crippen LogP contribution in [0.3, 0.4) is 0 Å². The molecule has 1 unspecified atom stereocenters. The number of ether oxygens (including phenoxy) is 1. The van der Waals surface area contributed by atoms with Gasteiger partial charge in [0, 0.05) is 6.42 Å². The molecule has 188 valence electrons. The number of halogens is 2. The van der Waals surface area contributed by atoms with E-state index in [0.717, 1.165) is 5.56 Å². The Morgan fingerprint density at radius 3 is 2.12 bits per heavy atom. The zero-order chi connectivity index (χ0) is 25.8. The predicted octanol–water partition coefficient (Wildman–Crippen LogP) is 1.63. The summed E-state index contributed by atoms with van der Waals surface area (Å²) >= 11 is 0. The van der Waals surface area contributed by atoms with Gasteiger partial charge in [-0.2, -0.15) is 0 Å². The van der Waals surface area contributed by atoms with E-state index in [4.69, 9.17) is 9.84 Å². The van der Waals surface area contributed by atoms with E-state index in [9.17, 15) is 32.8 Å². The van der Waals surface area contributed by atoms with Gasteiger partial charge in [0.05, 0.1) is 0 Å². The van der Waals surface area contributed by atoms with Gasteiger partial charge < -0.3 is 25.8 Å². The molecule has 12 heteroatoms. The fourth-order valence-electron chi connectivity index (χ4n) is 2.82. The van der Waals surface area contributed by atoms with E-state index in [1.165, 1.54) is 6.92 Å². The lowest BCUT2D eigenvalue weighted by molar-refractivity contribution is -0.151. The number of nitrogens with one attached hydrogen (secondary N) is 3. The van der Waals surface area contributed by atoms with Crippen LogP contribution in [0.15, 0.2) is 30.3 Å². The summed E-state index contributed by atoms with van der Waals surface area (Å²) in [6, 6.07) is 4.50. The molecule has 0 heterocycles. The molecule has 0 aliphatic carbocycles. The molecular weight excluding hydrogens is 456 g/mol. The number of alkyl halides is 2. The fraction of sp³-hybridized carbons (Fsp3) is 0.500. The summed E-state index contributed by atoms with van der Waals surface area (Å²) < 4.78 is 30.5. The molecule has 0 spiro atoms. The molecule has 0 saturated carbocycles. The molecular formula is C22H29F2N3O7. The van der Waals surface area contributed by atoms with Crippen LogP contribution in [0.2, 0.25) is 0 Å². The van der Waals surface area contributed by atoms with Crippen molar-refractivity contribution in [1.82, 2.24) is 16.0 Å². The number of carboxylic acids is 1. The fourth-order valence-corrected chi connectivity index (χ4v) is 2.82. The monoisotopic (exact) mass is 485 g/mol. The summed E-state index contributed by atoms with van der Waals surface area (Å²) in [5.41, 5.74) is 0.738. The summed E-state index contributed by atoms with van der Waals surface area (Å²) in [4.78, 5) is 59.7. The minimum atomic E-state index is -3.04. The number of carboxylic acid groups (broad SMARTS) is 1. The average Bonchev–Trinajstić information content (AvgIpc) is 2.79. The van der Waals surface area contributed by atoms with Crippen LogP contribution in [-0.2, 0) is 30.5 Å². The number of carbonyl (C=O) groups is 5. The number of alkyl carbamates (subject to hydrolysis) is 1. The normalized spacial score (nSPS) is 14.3. The van der Waals surface area contributed by atoms with Crippen LogP contribution in [0, 0.1) is 5.92 Å². The zero-order valence-electron chi connectivity index (χ0n) is 19.0. The number of Topliss-reactive ketones (excluding diaryl/α,β-unsaturated/α-hetero) is 1. The number of amides is 3. The Labute approximate surface area is 195 Å². The minimum absolute atomic E-state index is 0.0243. The SMILES string of the molecule is CCC(C)[C@H](NC(=O)OCc1ccccc1)C(=O)N[C@@H](C)C(=O)N[C@@H](CC(F)F)C(=O)C(=O)O. The van der Waals surface area contributed by atoms with Crippen molar-refractivity contribution in [1.29, 1.82) is 0 Å². The van der Waals surface area contributed by atoms with Gasteiger partial charge in [0.15, 0.2) is 0 Å². The van der Waals surface area contributed by atoms with Crippen molar-refractivity contribution in [2.45, 2.75) is 64.8 Å². The van der Waals surface area contributed by atoms with E-state index in [1.807, 2.05) is 5.32 Å². The Morgan fingerprint density at radius 1 is 0.971 bits per heavy atom. The first kappa shape index (κ1) is 28.5. The van der Waals surface area contributed by atoms with Crippen molar-refractivity contribution in [3.05, 3.63) is 35.9 Å². The number of rotatable bonds is 13. The molecule has 0 aromatic heterocycles. The van der Waals surface area contributed by atoms with Gasteiger partial charge in [0.2, 0.25) is 18.2 Å². The topological polar surface area (TPSA) is 151 Å². The highest BCUT2D eigenvalue weighted by Crippen LogP contribution is 2.10. The molecule has 3 amide bonds. The van der Waals surface area contributed by atoms with Crippen molar-refractivity contribution in [3.8, 4) is 0 Å². The van der Waals surface area contributed by atoms with Gasteiger partial charge in [-0.25, -0.2) is 18.4 Å². The maximum Gasteiger partial charge on any atom is 0.408 e. The number of hydrogen-bond donors (Lipinski definition) is 4. The smallest absolute Gasteiger partial charge is 0.408 e. The Hall–Kier alpha value is -3.57. The highest BCUT2D eigenvalue weighted by Gasteiger charge is 2.33. The van der Waals surface area contributed by atoms with Crippen molar-refractivity contribution in [2.75, 3.05) is 0 Å². The third-order valence-corrected chi connectivity index (χ3v) is 4.99. The first-order valence-electron chi connectivity index (χ1n) is 10.6. The molecule has 0 fully saturated rings. The van der Waals surface area contributed by atoms with Crippen molar-refractivity contribution in [2.24, 2.45) is 5.92 Å². The molecule has 0 radical (unpaired) electrons. The third kappa shape index (κ3) is 9.51. The molecule has 0 saturated heterocycles. The van der Waals surface area contributed by atoms with Crippen LogP contribution < -0.4 is 16.0 Å². The van der Waals surface area contributed by atoms with Crippen LogP contribution in [0.5, 0.6) is 0 Å². The van der Waals surface area contributed by atoms with Crippen LogP contribution in [0.1, 0.15) is 39.2 Å². The maximum absolute atomic E-state index is 12.7. The van der Waals surface area contributed by atoms with Gasteiger partial charge >= 0.3 is 12.1 Å². The van der Waals surface area contributed by atoms with E-state index in [2.05, 4.69) is 10.6 Å². The molecule has 1 aromatic carbocycles. The summed E-state index contributed by atoms with van der Waals surface area (Å²) in [5, 5.41) is 15.5. The standard InChI is InChI=1S/C22H29F2N3O7/c1-4-12(2)17(27-22(33)34-11-14-8-6-5-7-9-14)20(30)25-13(3)19(29)26-15(10-16(23)24)18(28)21(31)32/h5-9,12-13,15-17H,4,10-11H2,1-3H3,(H,25,30)(H,26,29)(H,27,33)(H,31,32)/t12?,13-,15-,17-/m0/s1. The first-order valence-corrected chi connectivity index (χ1v) is 10.6. The van der Waals surface area contributed by atoms with Gasteiger partial charge in [-0.3, -0.25) is 14.4 Å². The second-order valence-corrected chi connectivity index (χ2v) is 7.66. The predicted molar refractivity (Wildman–Crippen MR) is 116 cm³/mol. The van der Waals surface area contributed by atoms with Crippen LogP contribution in [0.25, 0.3) is 0 Å². The van der Waals surface area contributed by atoms with E-state index in [1.54, 1.807) is 44.2 Å². The Kier molecular flexibility index (Phi) is 11.6. The van der Waals surface area contributed by atoms with Crippen molar-refractivity contribution >= 4 is 29.7 Å². The van der Waals surface area contributed by atoms with Crippen molar-refractivity contribution in [3.63, 3.8) is 0 Å². The van der Waals surface area contributed by atoms with Gasteiger partial charge in [0.1, 0.15) is 24.7 Å². The molecule has 1 aromatic rings. The van der Waals surface area contributed by atoms with Gasteiger partial charge in [-0.15, -0.1) is 0 Å². The number of hydrogen-bond acceptors (Lipinski definition) is 6. The Morgan fingerprint density at radius 2 is 1.59 bits per heavy atom. The summed E-state index contributed by atoms with van der Waals surface area (Å²) in [6.45, 7) is 4.67. The summed E-state index contributed by atoms with van der Waals surface area (Å²) in [7, 11) is 0. The number of benzene rings is 1. The van der Waals surface area contributed by atoms with Crippen LogP contribution >= 0.6 is 0 Å². The molecule has 4 N–H and O–H groups in total. The highest BCUT2D eigenvalue weighted by molar-refractivity contribution is 6.35. The summed E-state index contributed by atoms with van der Waals surface area (Å²) in [6.07, 6.45) is -4.60. The third-order valence-electron chi connectivity index (χ3n) is 4.99. The molecule has 4 atom stereocenters. The molecule has 1 rings (SSSR count). The van der Waals surface area contributed by atoms with Crippen LogP contribution in [0.4, 0.5) is 13.6 Å². The summed E-state index contributed by atoms with van der Waals surface area (Å²) in [5.74, 6) is -5.73. The maximum atomic E-state index is 12.7. The minimum Gasteiger partial charge on any atom is -0.475 e. The lowest BCUT2D eigenvalue weighted by atomic mass is 9.98. The highest BCUT2D eigenvalue weighted by atomic mass is 19.3. The largest absolute Gasteiger partial charge is 0.475 e. The number of aliphatic carboxylic acids is 1. The average molecular weight is 485 g/mol. The molecule has 0 bridgehead atoms. The van der Waals surface area contributed by atoms with Gasteiger partial charge in [-0.1, -0.05) is 50.6 Å². The molecule has 0 aliphatic rings. The van der Waals surface area contributed by atoms with E-state index < -0.39 is 60.6 Å². The second kappa shape index (κ2) is 13.9. The second-order valence-electron chi connectivity index (χ2n) is 7.66. The molecule has 34 heavy (non-hydrogen) atoms. The lowest BCUT2D eigenvalue weighted by Crippen LogP contribution is -2.56. The number of carbonyl (C=O) groups excluding carboxylic acids is 4. The molecule has 0 aliphatic heterocycles. The lowest BCUT2D eigenvalue weighted by Gasteiger charge is -2.25. The van der Waals surface area contributed by atoms with E-state index in [0.29, 0.717) is 6.42 Å². The van der Waals surface area contributed by atoms with Crippen molar-refractivity contribution < 1.29 is 42.6 Å². The van der Waals surface area contributed by atoms with E-state index >= 15 is 0 Å². The quantitative estimate of drug-likeness (QED) is 0.310.